The van der Waals surface area contributed by atoms with Crippen LogP contribution in [0, 0.1) is 0 Å². The van der Waals surface area contributed by atoms with Gasteiger partial charge in [-0.3, -0.25) is 4.79 Å². The van der Waals surface area contributed by atoms with Gasteiger partial charge in [-0.1, -0.05) is 23.7 Å². The van der Waals surface area contributed by atoms with Crippen molar-refractivity contribution in [1.29, 1.82) is 0 Å². The number of nitrogens with two attached hydrogens (primary N) is 1. The lowest BCUT2D eigenvalue weighted by Crippen LogP contribution is -2.41. The maximum Gasteiger partial charge on any atom is 0.492 e. The van der Waals surface area contributed by atoms with Gasteiger partial charge in [0.1, 0.15) is 0 Å². The maximum atomic E-state index is 11.3. The smallest absolute Gasteiger partial charge is 0.400 e. The first kappa shape index (κ1) is 18.8. The number of hydrogen-bond acceptors (Lipinski definition) is 4. The van der Waals surface area contributed by atoms with Crippen molar-refractivity contribution in [3.05, 3.63) is 34.3 Å². The van der Waals surface area contributed by atoms with Crippen molar-refractivity contribution < 1.29 is 14.1 Å². The molecule has 7 heteroatoms. The molecule has 2 rings (SSSR count). The van der Waals surface area contributed by atoms with Gasteiger partial charge in [0.25, 0.3) is 0 Å². The van der Waals surface area contributed by atoms with Crippen LogP contribution in [-0.2, 0) is 14.1 Å². The summed E-state index contributed by atoms with van der Waals surface area (Å²) >= 11 is 6.26. The molecule has 1 aromatic rings. The highest BCUT2D eigenvalue weighted by Gasteiger charge is 2.52. The topological polar surface area (TPSA) is 73.6 Å². The van der Waals surface area contributed by atoms with Crippen LogP contribution in [0.1, 0.15) is 40.2 Å². The zero-order valence-corrected chi connectivity index (χ0v) is 15.5. The first-order valence-electron chi connectivity index (χ1n) is 7.87. The predicted octanol–water partition coefficient (Wildman–Crippen LogP) is 3.07. The van der Waals surface area contributed by atoms with Gasteiger partial charge < -0.3 is 20.4 Å². The first-order valence-corrected chi connectivity index (χ1v) is 8.25. The van der Waals surface area contributed by atoms with Gasteiger partial charge in [0, 0.05) is 24.2 Å². The van der Waals surface area contributed by atoms with Crippen molar-refractivity contribution in [1.82, 2.24) is 5.32 Å². The summed E-state index contributed by atoms with van der Waals surface area (Å²) in [5, 5.41) is 3.33. The van der Waals surface area contributed by atoms with E-state index in [1.54, 1.807) is 12.1 Å². The van der Waals surface area contributed by atoms with Gasteiger partial charge in [-0.25, -0.2) is 0 Å². The third-order valence-corrected chi connectivity index (χ3v) is 4.79. The Morgan fingerprint density at radius 2 is 1.88 bits per heavy atom. The molecule has 0 aliphatic carbocycles. The number of hydrogen-bond donors (Lipinski definition) is 2. The van der Waals surface area contributed by atoms with E-state index < -0.39 is 18.3 Å². The third kappa shape index (κ3) is 4.12. The summed E-state index contributed by atoms with van der Waals surface area (Å²) in [4.78, 5) is 11.3. The molecule has 3 N–H and O–H groups in total. The van der Waals surface area contributed by atoms with E-state index in [1.807, 2.05) is 39.8 Å². The SMILES string of the molecule is CC(=O)NCC(=Cc1ccc(N)cc1Cl)B1OC(C)(C)C(C)(C)O1. The normalized spacial score (nSPS) is 19.4. The summed E-state index contributed by atoms with van der Waals surface area (Å²) in [5.74, 6) is -0.124. The van der Waals surface area contributed by atoms with Crippen molar-refractivity contribution in [2.24, 2.45) is 0 Å². The highest BCUT2D eigenvalue weighted by Crippen LogP contribution is 2.39. The van der Waals surface area contributed by atoms with Crippen molar-refractivity contribution in [2.75, 3.05) is 12.3 Å². The Balaban J connectivity index is 2.35. The molecule has 1 aliphatic rings. The molecule has 0 saturated carbocycles. The Morgan fingerprint density at radius 3 is 2.38 bits per heavy atom. The second kappa shape index (κ2) is 6.79. The summed E-state index contributed by atoms with van der Waals surface area (Å²) in [6, 6.07) is 5.29. The summed E-state index contributed by atoms with van der Waals surface area (Å²) in [6.45, 7) is 9.72. The van der Waals surface area contributed by atoms with Crippen LogP contribution in [0.25, 0.3) is 6.08 Å². The van der Waals surface area contributed by atoms with Gasteiger partial charge in [0.05, 0.1) is 11.2 Å². The number of carbonyl (C=O) groups excluding carboxylic acids is 1. The largest absolute Gasteiger partial charge is 0.492 e. The molecule has 24 heavy (non-hydrogen) atoms. The van der Waals surface area contributed by atoms with E-state index in [4.69, 9.17) is 26.6 Å². The molecule has 0 bridgehead atoms. The fourth-order valence-corrected chi connectivity index (χ4v) is 2.53. The lowest BCUT2D eigenvalue weighted by molar-refractivity contribution is -0.118. The number of rotatable bonds is 4. The molecule has 0 atom stereocenters. The second-order valence-electron chi connectivity index (χ2n) is 7.00. The summed E-state index contributed by atoms with van der Waals surface area (Å²) in [7, 11) is -0.560. The van der Waals surface area contributed by atoms with E-state index in [1.165, 1.54) is 6.92 Å². The molecule has 1 aliphatic heterocycles. The minimum atomic E-state index is -0.560. The van der Waals surface area contributed by atoms with E-state index in [2.05, 4.69) is 5.32 Å². The zero-order chi connectivity index (χ0) is 18.1. The number of carbonyl (C=O) groups is 1. The highest BCUT2D eigenvalue weighted by molar-refractivity contribution is 6.56. The molecule has 1 heterocycles. The Labute approximate surface area is 148 Å². The van der Waals surface area contributed by atoms with Crippen LogP contribution in [0.15, 0.2) is 23.7 Å². The molecule has 1 amide bonds. The monoisotopic (exact) mass is 350 g/mol. The summed E-state index contributed by atoms with van der Waals surface area (Å²) in [5.41, 5.74) is 6.99. The lowest BCUT2D eigenvalue weighted by Gasteiger charge is -2.32. The molecule has 5 nitrogen and oxygen atoms in total. The number of anilines is 1. The number of halogens is 1. The lowest BCUT2D eigenvalue weighted by atomic mass is 9.77. The van der Waals surface area contributed by atoms with E-state index in [0.717, 1.165) is 11.0 Å². The van der Waals surface area contributed by atoms with Crippen LogP contribution < -0.4 is 11.1 Å². The van der Waals surface area contributed by atoms with Crippen molar-refractivity contribution in [3.8, 4) is 0 Å². The standard InChI is InChI=1S/C17H24BClN2O3/c1-11(22)21-10-13(8-12-6-7-14(20)9-15(12)19)18-23-16(2,3)17(4,5)24-18/h6-9H,10,20H2,1-5H3,(H,21,22). The van der Waals surface area contributed by atoms with Gasteiger partial charge >= 0.3 is 7.12 Å². The molecular formula is C17H24BClN2O3. The van der Waals surface area contributed by atoms with Crippen LogP contribution in [0.2, 0.25) is 5.02 Å². The maximum absolute atomic E-state index is 11.3. The Morgan fingerprint density at radius 1 is 1.29 bits per heavy atom. The predicted molar refractivity (Wildman–Crippen MR) is 98.6 cm³/mol. The average molecular weight is 351 g/mol. The molecule has 0 unspecified atom stereocenters. The zero-order valence-electron chi connectivity index (χ0n) is 14.8. The first-order chi connectivity index (χ1) is 11.0. The third-order valence-electron chi connectivity index (χ3n) is 4.46. The van der Waals surface area contributed by atoms with Gasteiger partial charge in [0.2, 0.25) is 5.91 Å². The second-order valence-corrected chi connectivity index (χ2v) is 7.41. The van der Waals surface area contributed by atoms with E-state index in [0.29, 0.717) is 17.3 Å². The molecule has 0 spiro atoms. The van der Waals surface area contributed by atoms with Crippen LogP contribution in [0.5, 0.6) is 0 Å². The fraction of sp³-hybridized carbons (Fsp3) is 0.471. The van der Waals surface area contributed by atoms with Crippen molar-refractivity contribution in [2.45, 2.75) is 45.8 Å². The Hall–Kier alpha value is -1.50. The fourth-order valence-electron chi connectivity index (χ4n) is 2.28. The number of nitrogen functional groups attached to an aromatic ring is 1. The van der Waals surface area contributed by atoms with Gasteiger partial charge in [-0.2, -0.15) is 0 Å². The van der Waals surface area contributed by atoms with Crippen LogP contribution in [-0.4, -0.2) is 30.8 Å². The van der Waals surface area contributed by atoms with Gasteiger partial charge in [0.15, 0.2) is 0 Å². The molecular weight excluding hydrogens is 326 g/mol. The molecule has 1 aromatic carbocycles. The van der Waals surface area contributed by atoms with E-state index >= 15 is 0 Å². The quantitative estimate of drug-likeness (QED) is 0.646. The Kier molecular flexibility index (Phi) is 5.33. The number of amides is 1. The molecule has 1 fully saturated rings. The van der Waals surface area contributed by atoms with Crippen molar-refractivity contribution in [3.63, 3.8) is 0 Å². The minimum absolute atomic E-state index is 0.124. The van der Waals surface area contributed by atoms with Crippen LogP contribution in [0.3, 0.4) is 0 Å². The van der Waals surface area contributed by atoms with Crippen LogP contribution >= 0.6 is 11.6 Å². The molecule has 1 saturated heterocycles. The molecule has 130 valence electrons. The van der Waals surface area contributed by atoms with E-state index in [9.17, 15) is 4.79 Å². The number of benzene rings is 1. The number of nitrogens with one attached hydrogen (secondary N) is 1. The van der Waals surface area contributed by atoms with Gasteiger partial charge in [-0.05, 0) is 50.9 Å². The Bertz CT molecular complexity index is 658. The highest BCUT2D eigenvalue weighted by atomic mass is 35.5. The molecule has 0 radical (unpaired) electrons. The summed E-state index contributed by atoms with van der Waals surface area (Å²) < 4.78 is 12.2. The molecule has 0 aromatic heterocycles. The van der Waals surface area contributed by atoms with Crippen molar-refractivity contribution >= 4 is 36.4 Å². The van der Waals surface area contributed by atoms with E-state index in [-0.39, 0.29) is 5.91 Å². The van der Waals surface area contributed by atoms with Crippen LogP contribution in [0.4, 0.5) is 5.69 Å². The summed E-state index contributed by atoms with van der Waals surface area (Å²) in [6.07, 6.45) is 1.87. The van der Waals surface area contributed by atoms with Gasteiger partial charge in [-0.15, -0.1) is 0 Å². The minimum Gasteiger partial charge on any atom is -0.400 e. The average Bonchev–Trinajstić information content (AvgIpc) is 2.65.